The largest absolute Gasteiger partial charge is 0.493 e. The molecule has 158 valence electrons. The molecule has 8 nitrogen and oxygen atoms in total. The average molecular weight is 410 g/mol. The molecule has 0 N–H and O–H groups in total. The van der Waals surface area contributed by atoms with Gasteiger partial charge in [0.25, 0.3) is 5.89 Å². The van der Waals surface area contributed by atoms with Crippen LogP contribution in [0.5, 0.6) is 17.2 Å². The molecule has 0 saturated carbocycles. The Hall–Kier alpha value is -3.13. The second kappa shape index (κ2) is 9.13. The normalized spacial score (nSPS) is 15.2. The zero-order chi connectivity index (χ0) is 20.9. The van der Waals surface area contributed by atoms with Crippen LogP contribution in [0, 0.1) is 0 Å². The highest BCUT2D eigenvalue weighted by atomic mass is 16.5. The van der Waals surface area contributed by atoms with Crippen LogP contribution < -0.4 is 14.2 Å². The van der Waals surface area contributed by atoms with Gasteiger partial charge in [-0.15, -0.1) is 0 Å². The molecule has 3 heterocycles. The predicted molar refractivity (Wildman–Crippen MR) is 111 cm³/mol. The molecule has 8 heteroatoms. The quantitative estimate of drug-likeness (QED) is 0.585. The summed E-state index contributed by atoms with van der Waals surface area (Å²) in [5.74, 6) is 3.50. The van der Waals surface area contributed by atoms with Crippen molar-refractivity contribution < 1.29 is 18.7 Å². The highest BCUT2D eigenvalue weighted by molar-refractivity contribution is 5.53. The Morgan fingerprint density at radius 3 is 2.37 bits per heavy atom. The molecule has 1 fully saturated rings. The standard InChI is InChI=1S/C22H26N4O4/c1-27-18-12-15(13-19(28-2)20(18)29-3)14-26-10-7-16(8-11-26)21-24-22(30-25-21)17-6-4-5-9-23-17/h4-6,9,12-13,16H,7-8,10-11,14H2,1-3H3. The molecule has 1 aliphatic heterocycles. The molecule has 0 radical (unpaired) electrons. The number of piperidine rings is 1. The van der Waals surface area contributed by atoms with Gasteiger partial charge in [-0.2, -0.15) is 4.98 Å². The summed E-state index contributed by atoms with van der Waals surface area (Å²) in [7, 11) is 4.88. The molecule has 0 amide bonds. The van der Waals surface area contributed by atoms with E-state index in [1.165, 1.54) is 0 Å². The summed E-state index contributed by atoms with van der Waals surface area (Å²) in [5.41, 5.74) is 1.83. The number of benzene rings is 1. The topological polar surface area (TPSA) is 82.7 Å². The van der Waals surface area contributed by atoms with Gasteiger partial charge in [0.2, 0.25) is 5.75 Å². The summed E-state index contributed by atoms with van der Waals surface area (Å²) in [6.07, 6.45) is 3.68. The lowest BCUT2D eigenvalue weighted by molar-refractivity contribution is 0.199. The van der Waals surface area contributed by atoms with Crippen LogP contribution in [0.1, 0.15) is 30.1 Å². The van der Waals surface area contributed by atoms with Gasteiger partial charge >= 0.3 is 0 Å². The molecule has 4 rings (SSSR count). The summed E-state index contributed by atoms with van der Waals surface area (Å²) in [4.78, 5) is 11.3. The summed E-state index contributed by atoms with van der Waals surface area (Å²) in [6.45, 7) is 2.72. The molecule has 2 aromatic heterocycles. The second-order valence-corrected chi connectivity index (χ2v) is 7.26. The Morgan fingerprint density at radius 2 is 1.77 bits per heavy atom. The molecule has 1 aliphatic rings. The van der Waals surface area contributed by atoms with Gasteiger partial charge in [0.1, 0.15) is 5.69 Å². The van der Waals surface area contributed by atoms with Crippen molar-refractivity contribution in [1.29, 1.82) is 0 Å². The van der Waals surface area contributed by atoms with Crippen LogP contribution in [0.3, 0.4) is 0 Å². The van der Waals surface area contributed by atoms with E-state index in [9.17, 15) is 0 Å². The molecule has 1 aromatic carbocycles. The van der Waals surface area contributed by atoms with Crippen molar-refractivity contribution in [3.63, 3.8) is 0 Å². The monoisotopic (exact) mass is 410 g/mol. The maximum absolute atomic E-state index is 5.47. The Morgan fingerprint density at radius 1 is 1.03 bits per heavy atom. The maximum atomic E-state index is 5.47. The highest BCUT2D eigenvalue weighted by Gasteiger charge is 2.25. The molecule has 1 saturated heterocycles. The number of methoxy groups -OCH3 is 3. The van der Waals surface area contributed by atoms with Gasteiger partial charge in [0.15, 0.2) is 17.3 Å². The zero-order valence-corrected chi connectivity index (χ0v) is 17.5. The van der Waals surface area contributed by atoms with Crippen LogP contribution in [0.4, 0.5) is 0 Å². The third-order valence-corrected chi connectivity index (χ3v) is 5.41. The van der Waals surface area contributed by atoms with Crippen molar-refractivity contribution in [2.45, 2.75) is 25.3 Å². The third kappa shape index (κ3) is 4.23. The molecular formula is C22H26N4O4. The van der Waals surface area contributed by atoms with E-state index >= 15 is 0 Å². The first kappa shape index (κ1) is 20.2. The van der Waals surface area contributed by atoms with Crippen LogP contribution in [-0.4, -0.2) is 54.4 Å². The minimum absolute atomic E-state index is 0.294. The number of nitrogens with zero attached hydrogens (tertiary/aromatic N) is 4. The fourth-order valence-corrected chi connectivity index (χ4v) is 3.83. The van der Waals surface area contributed by atoms with Gasteiger partial charge in [0, 0.05) is 18.7 Å². The number of likely N-dealkylation sites (tertiary alicyclic amines) is 1. The minimum Gasteiger partial charge on any atom is -0.493 e. The van der Waals surface area contributed by atoms with E-state index in [-0.39, 0.29) is 0 Å². The third-order valence-electron chi connectivity index (χ3n) is 5.41. The predicted octanol–water partition coefficient (Wildman–Crippen LogP) is 3.54. The summed E-state index contributed by atoms with van der Waals surface area (Å²) >= 11 is 0. The van der Waals surface area contributed by atoms with Gasteiger partial charge in [-0.3, -0.25) is 9.88 Å². The van der Waals surface area contributed by atoms with Gasteiger partial charge in [-0.1, -0.05) is 11.2 Å². The van der Waals surface area contributed by atoms with Crippen LogP contribution in [0.25, 0.3) is 11.6 Å². The summed E-state index contributed by atoms with van der Waals surface area (Å²) < 4.78 is 21.8. The van der Waals surface area contributed by atoms with Crippen molar-refractivity contribution in [3.05, 3.63) is 47.9 Å². The van der Waals surface area contributed by atoms with Crippen LogP contribution in [0.15, 0.2) is 41.1 Å². The van der Waals surface area contributed by atoms with Gasteiger partial charge in [-0.05, 0) is 55.8 Å². The number of aromatic nitrogens is 3. The fraction of sp³-hybridized carbons (Fsp3) is 0.409. The molecule has 3 aromatic rings. The summed E-state index contributed by atoms with van der Waals surface area (Å²) in [5, 5.41) is 4.20. The SMILES string of the molecule is COc1cc(CN2CCC(c3noc(-c4ccccn4)n3)CC2)cc(OC)c1OC. The Kier molecular flexibility index (Phi) is 6.13. The van der Waals surface area contributed by atoms with Gasteiger partial charge in [-0.25, -0.2) is 0 Å². The molecule has 0 aliphatic carbocycles. The van der Waals surface area contributed by atoms with E-state index < -0.39 is 0 Å². The van der Waals surface area contributed by atoms with E-state index in [4.69, 9.17) is 18.7 Å². The van der Waals surface area contributed by atoms with Crippen LogP contribution >= 0.6 is 0 Å². The first-order valence-electron chi connectivity index (χ1n) is 9.98. The van der Waals surface area contributed by atoms with E-state index in [2.05, 4.69) is 20.0 Å². The lowest BCUT2D eigenvalue weighted by Crippen LogP contribution is -2.32. The van der Waals surface area contributed by atoms with E-state index in [0.29, 0.717) is 34.8 Å². The fourth-order valence-electron chi connectivity index (χ4n) is 3.83. The minimum atomic E-state index is 0.294. The van der Waals surface area contributed by atoms with Crippen molar-refractivity contribution in [2.24, 2.45) is 0 Å². The van der Waals surface area contributed by atoms with Crippen molar-refractivity contribution in [2.75, 3.05) is 34.4 Å². The van der Waals surface area contributed by atoms with E-state index in [1.807, 2.05) is 30.3 Å². The molecule has 30 heavy (non-hydrogen) atoms. The lowest BCUT2D eigenvalue weighted by Gasteiger charge is -2.30. The molecular weight excluding hydrogens is 384 g/mol. The van der Waals surface area contributed by atoms with Gasteiger partial charge < -0.3 is 18.7 Å². The van der Waals surface area contributed by atoms with E-state index in [1.54, 1.807) is 27.5 Å². The number of hydrogen-bond acceptors (Lipinski definition) is 8. The first-order valence-corrected chi connectivity index (χ1v) is 9.98. The molecule has 0 bridgehead atoms. The zero-order valence-electron chi connectivity index (χ0n) is 17.5. The van der Waals surface area contributed by atoms with Crippen molar-refractivity contribution >= 4 is 0 Å². The second-order valence-electron chi connectivity index (χ2n) is 7.26. The molecule has 0 atom stereocenters. The molecule has 0 spiro atoms. The Labute approximate surface area is 175 Å². The first-order chi connectivity index (χ1) is 14.7. The number of hydrogen-bond donors (Lipinski definition) is 0. The van der Waals surface area contributed by atoms with Gasteiger partial charge in [0.05, 0.1) is 21.3 Å². The number of pyridine rings is 1. The van der Waals surface area contributed by atoms with E-state index in [0.717, 1.165) is 43.9 Å². The number of rotatable bonds is 7. The maximum Gasteiger partial charge on any atom is 0.276 e. The summed E-state index contributed by atoms with van der Waals surface area (Å²) in [6, 6.07) is 9.66. The smallest absolute Gasteiger partial charge is 0.276 e. The molecule has 0 unspecified atom stereocenters. The van der Waals surface area contributed by atoms with Crippen LogP contribution in [0.2, 0.25) is 0 Å². The average Bonchev–Trinajstić information content (AvgIpc) is 3.30. The van der Waals surface area contributed by atoms with Crippen molar-refractivity contribution in [1.82, 2.24) is 20.0 Å². The highest BCUT2D eigenvalue weighted by Crippen LogP contribution is 2.39. The lowest BCUT2D eigenvalue weighted by atomic mass is 9.96. The van der Waals surface area contributed by atoms with Crippen molar-refractivity contribution in [3.8, 4) is 28.8 Å². The Bertz CT molecular complexity index is 943. The van der Waals surface area contributed by atoms with Crippen LogP contribution in [-0.2, 0) is 6.54 Å². The number of ether oxygens (including phenoxy) is 3. The Balaban J connectivity index is 1.39.